The number of pyridine rings is 1. The van der Waals surface area contributed by atoms with Gasteiger partial charge in [-0.05, 0) is 44.0 Å². The smallest absolute Gasteiger partial charge is 0.367 e. The molecule has 0 bridgehead atoms. The number of aromatic nitrogens is 1. The number of likely N-dealkylation sites (N-methyl/N-ethyl adjacent to an activating group) is 1. The number of anilines is 2. The third-order valence-electron chi connectivity index (χ3n) is 5.03. The molecule has 148 valence electrons. The van der Waals surface area contributed by atoms with Crippen molar-refractivity contribution in [2.45, 2.75) is 32.0 Å². The van der Waals surface area contributed by atoms with Crippen molar-refractivity contribution in [1.82, 2.24) is 4.98 Å². The molecule has 3 rings (SSSR count). The second kappa shape index (κ2) is 8.05. The Morgan fingerprint density at radius 3 is 2.75 bits per heavy atom. The van der Waals surface area contributed by atoms with Crippen LogP contribution in [0.4, 0.5) is 28.9 Å². The number of hydrogen-bond donors (Lipinski definition) is 0. The summed E-state index contributed by atoms with van der Waals surface area (Å²) < 4.78 is 54.1. The van der Waals surface area contributed by atoms with E-state index in [1.54, 1.807) is 18.2 Å². The van der Waals surface area contributed by atoms with Crippen LogP contribution in [-0.2, 0) is 6.18 Å². The van der Waals surface area contributed by atoms with Crippen LogP contribution in [0.3, 0.4) is 0 Å². The molecule has 1 saturated heterocycles. The van der Waals surface area contributed by atoms with E-state index in [0.29, 0.717) is 31.0 Å². The van der Waals surface area contributed by atoms with E-state index in [-0.39, 0.29) is 6.04 Å². The highest BCUT2D eigenvalue weighted by atomic mass is 19.4. The van der Waals surface area contributed by atoms with Crippen LogP contribution in [-0.4, -0.2) is 30.7 Å². The average Bonchev–Trinajstić information content (AvgIpc) is 2.68. The molecule has 8 heteroatoms. The molecule has 28 heavy (non-hydrogen) atoms. The van der Waals surface area contributed by atoms with Gasteiger partial charge in [-0.2, -0.15) is 18.4 Å². The first-order chi connectivity index (χ1) is 13.3. The Morgan fingerprint density at radius 1 is 1.32 bits per heavy atom. The highest BCUT2D eigenvalue weighted by molar-refractivity contribution is 5.56. The van der Waals surface area contributed by atoms with E-state index in [1.807, 2.05) is 16.7 Å². The lowest BCUT2D eigenvalue weighted by molar-refractivity contribution is -0.137. The van der Waals surface area contributed by atoms with E-state index in [4.69, 9.17) is 5.26 Å². The number of nitriles is 1. The monoisotopic (exact) mass is 392 g/mol. The molecule has 1 aliphatic rings. The second-order valence-electron chi connectivity index (χ2n) is 6.69. The van der Waals surface area contributed by atoms with Gasteiger partial charge < -0.3 is 9.80 Å². The fourth-order valence-electron chi connectivity index (χ4n) is 3.75. The summed E-state index contributed by atoms with van der Waals surface area (Å²) in [5.74, 6) is -0.413. The number of alkyl halides is 3. The summed E-state index contributed by atoms with van der Waals surface area (Å²) in [5, 5.41) is 8.99. The number of halogens is 4. The first kappa shape index (κ1) is 19.9. The largest absolute Gasteiger partial charge is 0.417 e. The Labute approximate surface area is 161 Å². The van der Waals surface area contributed by atoms with Crippen molar-refractivity contribution < 1.29 is 17.6 Å². The third-order valence-corrected chi connectivity index (χ3v) is 5.03. The molecule has 1 atom stereocenters. The van der Waals surface area contributed by atoms with Crippen LogP contribution in [0.2, 0.25) is 0 Å². The van der Waals surface area contributed by atoms with Crippen molar-refractivity contribution >= 4 is 11.4 Å². The maximum Gasteiger partial charge on any atom is 0.417 e. The molecule has 1 aromatic heterocycles. The van der Waals surface area contributed by atoms with Gasteiger partial charge >= 0.3 is 6.18 Å². The first-order valence-electron chi connectivity index (χ1n) is 9.07. The van der Waals surface area contributed by atoms with Crippen LogP contribution in [0.1, 0.15) is 30.9 Å². The SMILES string of the molecule is CCN(c1ccc(C#N)c(C(F)(F)F)c1)C1CCCN(c2ccncc2F)C1. The van der Waals surface area contributed by atoms with E-state index in [1.165, 1.54) is 12.3 Å². The molecule has 1 fully saturated rings. The van der Waals surface area contributed by atoms with E-state index < -0.39 is 23.1 Å². The molecule has 1 aromatic carbocycles. The first-order valence-corrected chi connectivity index (χ1v) is 9.07. The van der Waals surface area contributed by atoms with Crippen LogP contribution >= 0.6 is 0 Å². The lowest BCUT2D eigenvalue weighted by Gasteiger charge is -2.41. The van der Waals surface area contributed by atoms with E-state index in [2.05, 4.69) is 4.98 Å². The van der Waals surface area contributed by atoms with Crippen molar-refractivity contribution in [3.8, 4) is 6.07 Å². The Hall–Kier alpha value is -2.82. The number of benzene rings is 1. The number of nitrogens with zero attached hydrogens (tertiary/aromatic N) is 4. The quantitative estimate of drug-likeness (QED) is 0.713. The predicted octanol–water partition coefficient (Wildman–Crippen LogP) is 4.61. The second-order valence-corrected chi connectivity index (χ2v) is 6.69. The van der Waals surface area contributed by atoms with Gasteiger partial charge in [-0.1, -0.05) is 0 Å². The summed E-state index contributed by atoms with van der Waals surface area (Å²) in [6.45, 7) is 3.55. The standard InChI is InChI=1S/C20H20F4N4/c1-2-28(15-6-5-14(11-25)17(10-15)20(22,23)24)16-4-3-9-27(13-16)19-7-8-26-12-18(19)21/h5-8,10,12,16H,2-4,9,13H2,1H3. The number of hydrogen-bond acceptors (Lipinski definition) is 4. The molecule has 2 heterocycles. The Balaban J connectivity index is 1.89. The van der Waals surface area contributed by atoms with Crippen LogP contribution in [0.25, 0.3) is 0 Å². The fraction of sp³-hybridized carbons (Fsp3) is 0.400. The molecule has 0 amide bonds. The van der Waals surface area contributed by atoms with Gasteiger partial charge in [0.1, 0.15) is 0 Å². The minimum Gasteiger partial charge on any atom is -0.367 e. The summed E-state index contributed by atoms with van der Waals surface area (Å²) in [4.78, 5) is 7.56. The molecule has 2 aromatic rings. The zero-order valence-electron chi connectivity index (χ0n) is 15.4. The Morgan fingerprint density at radius 2 is 2.11 bits per heavy atom. The van der Waals surface area contributed by atoms with Gasteiger partial charge in [-0.15, -0.1) is 0 Å². The van der Waals surface area contributed by atoms with Gasteiger partial charge in [-0.3, -0.25) is 4.98 Å². The maximum atomic E-state index is 14.1. The minimum atomic E-state index is -4.60. The lowest BCUT2D eigenvalue weighted by atomic mass is 10.0. The van der Waals surface area contributed by atoms with E-state index in [0.717, 1.165) is 25.1 Å². The molecule has 0 aliphatic carbocycles. The average molecular weight is 392 g/mol. The zero-order chi connectivity index (χ0) is 20.3. The van der Waals surface area contributed by atoms with Crippen LogP contribution in [0.15, 0.2) is 36.7 Å². The van der Waals surface area contributed by atoms with Gasteiger partial charge in [-0.25, -0.2) is 4.39 Å². The van der Waals surface area contributed by atoms with Crippen molar-refractivity contribution in [3.63, 3.8) is 0 Å². The summed E-state index contributed by atoms with van der Waals surface area (Å²) in [6, 6.07) is 6.94. The summed E-state index contributed by atoms with van der Waals surface area (Å²) in [7, 11) is 0. The highest BCUT2D eigenvalue weighted by Gasteiger charge is 2.35. The van der Waals surface area contributed by atoms with E-state index >= 15 is 0 Å². The Kier molecular flexibility index (Phi) is 5.73. The van der Waals surface area contributed by atoms with Gasteiger partial charge in [0, 0.05) is 37.6 Å². The van der Waals surface area contributed by atoms with E-state index in [9.17, 15) is 17.6 Å². The summed E-state index contributed by atoms with van der Waals surface area (Å²) in [6.07, 6.45) is -0.328. The van der Waals surface area contributed by atoms with Crippen molar-refractivity contribution in [2.24, 2.45) is 0 Å². The van der Waals surface area contributed by atoms with Gasteiger partial charge in [0.05, 0.1) is 29.1 Å². The fourth-order valence-corrected chi connectivity index (χ4v) is 3.75. The molecule has 0 spiro atoms. The maximum absolute atomic E-state index is 14.1. The van der Waals surface area contributed by atoms with Crippen molar-refractivity contribution in [1.29, 1.82) is 5.26 Å². The predicted molar refractivity (Wildman–Crippen MR) is 98.6 cm³/mol. The summed E-state index contributed by atoms with van der Waals surface area (Å²) in [5.41, 5.74) is -0.460. The molecule has 0 radical (unpaired) electrons. The van der Waals surface area contributed by atoms with Crippen LogP contribution in [0, 0.1) is 17.1 Å². The number of rotatable bonds is 4. The summed E-state index contributed by atoms with van der Waals surface area (Å²) >= 11 is 0. The van der Waals surface area contributed by atoms with Gasteiger partial charge in [0.25, 0.3) is 0 Å². The highest BCUT2D eigenvalue weighted by Crippen LogP contribution is 2.35. The Bertz CT molecular complexity index is 875. The van der Waals surface area contributed by atoms with Crippen LogP contribution < -0.4 is 9.80 Å². The zero-order valence-corrected chi connectivity index (χ0v) is 15.4. The normalized spacial score (nSPS) is 17.3. The molecule has 4 nitrogen and oxygen atoms in total. The molecular formula is C20H20F4N4. The molecule has 1 unspecified atom stereocenters. The minimum absolute atomic E-state index is 0.0691. The van der Waals surface area contributed by atoms with Gasteiger partial charge in [0.15, 0.2) is 5.82 Å². The third kappa shape index (κ3) is 4.03. The topological polar surface area (TPSA) is 43.2 Å². The van der Waals surface area contributed by atoms with Crippen molar-refractivity contribution in [3.05, 3.63) is 53.6 Å². The van der Waals surface area contributed by atoms with Crippen LogP contribution in [0.5, 0.6) is 0 Å². The van der Waals surface area contributed by atoms with Gasteiger partial charge in [0.2, 0.25) is 0 Å². The molecular weight excluding hydrogens is 372 g/mol. The lowest BCUT2D eigenvalue weighted by Crippen LogP contribution is -2.48. The molecule has 0 saturated carbocycles. The number of piperidine rings is 1. The molecule has 0 N–H and O–H groups in total. The molecule has 1 aliphatic heterocycles. The van der Waals surface area contributed by atoms with Crippen molar-refractivity contribution in [2.75, 3.05) is 29.4 Å².